The van der Waals surface area contributed by atoms with Crippen molar-refractivity contribution in [3.8, 4) is 11.5 Å². The fourth-order valence-electron chi connectivity index (χ4n) is 3.19. The zero-order valence-corrected chi connectivity index (χ0v) is 16.2. The van der Waals surface area contributed by atoms with E-state index in [4.69, 9.17) is 13.9 Å². The van der Waals surface area contributed by atoms with Gasteiger partial charge in [-0.2, -0.15) is 0 Å². The molecule has 0 N–H and O–H groups in total. The molecule has 0 aliphatic carbocycles. The summed E-state index contributed by atoms with van der Waals surface area (Å²) in [7, 11) is -4.03. The van der Waals surface area contributed by atoms with Crippen LogP contribution in [0.25, 0.3) is 0 Å². The van der Waals surface area contributed by atoms with Crippen LogP contribution in [0.1, 0.15) is 31.8 Å². The number of hydrogen-bond acceptors (Lipinski definition) is 8. The fraction of sp³-hybridized carbons (Fsp3) is 0.500. The zero-order chi connectivity index (χ0) is 19.7. The van der Waals surface area contributed by atoms with Crippen LogP contribution in [-0.2, 0) is 14.6 Å². The minimum atomic E-state index is -4.03. The van der Waals surface area contributed by atoms with Crippen LogP contribution in [0.2, 0.25) is 0 Å². The number of benzene rings is 1. The molecule has 1 amide bonds. The first-order chi connectivity index (χ1) is 13.4. The lowest BCUT2D eigenvalue weighted by molar-refractivity contribution is -0.129. The van der Waals surface area contributed by atoms with Crippen molar-refractivity contribution >= 4 is 15.7 Å². The van der Waals surface area contributed by atoms with Crippen molar-refractivity contribution in [2.24, 2.45) is 5.92 Å². The molecule has 0 bridgehead atoms. The summed E-state index contributed by atoms with van der Waals surface area (Å²) >= 11 is 0. The molecule has 10 heteroatoms. The Hall–Kier alpha value is -2.62. The summed E-state index contributed by atoms with van der Waals surface area (Å²) < 4.78 is 41.7. The number of fused-ring (bicyclic) bond motifs is 1. The van der Waals surface area contributed by atoms with Crippen LogP contribution in [0.15, 0.2) is 33.9 Å². The first-order valence-electron chi connectivity index (χ1n) is 9.15. The molecular formula is C18H21N3O6S. The van der Waals surface area contributed by atoms with E-state index < -0.39 is 32.8 Å². The number of nitrogens with zero attached hydrogens (tertiary/aromatic N) is 3. The molecule has 2 aliphatic heterocycles. The summed E-state index contributed by atoms with van der Waals surface area (Å²) in [5.74, 6) is 0.504. The molecule has 1 aromatic carbocycles. The van der Waals surface area contributed by atoms with Gasteiger partial charge in [0.15, 0.2) is 11.5 Å². The smallest absolute Gasteiger partial charge is 0.336 e. The molecule has 1 fully saturated rings. The van der Waals surface area contributed by atoms with Crippen molar-refractivity contribution in [3.05, 3.63) is 30.2 Å². The third-order valence-corrected chi connectivity index (χ3v) is 6.25. The second-order valence-electron chi connectivity index (χ2n) is 7.09. The number of amides is 1. The van der Waals surface area contributed by atoms with Gasteiger partial charge in [0.05, 0.1) is 0 Å². The summed E-state index contributed by atoms with van der Waals surface area (Å²) in [4.78, 5) is 13.9. The van der Waals surface area contributed by atoms with Crippen LogP contribution in [0.5, 0.6) is 11.5 Å². The number of piperidine rings is 1. The molecule has 0 saturated carbocycles. The maximum Gasteiger partial charge on any atom is 0.336 e. The average Bonchev–Trinajstić information content (AvgIpc) is 3.19. The van der Waals surface area contributed by atoms with Crippen molar-refractivity contribution in [1.82, 2.24) is 15.1 Å². The first kappa shape index (κ1) is 18.7. The second kappa shape index (κ2) is 7.42. The van der Waals surface area contributed by atoms with Gasteiger partial charge in [0.1, 0.15) is 12.4 Å². The van der Waals surface area contributed by atoms with Gasteiger partial charge in [-0.25, -0.2) is 8.42 Å². The van der Waals surface area contributed by atoms with Crippen molar-refractivity contribution < 1.29 is 27.1 Å². The Labute approximate surface area is 162 Å². The van der Waals surface area contributed by atoms with E-state index in [1.165, 1.54) is 0 Å². The lowest BCUT2D eigenvalue weighted by atomic mass is 9.99. The predicted octanol–water partition coefficient (Wildman–Crippen LogP) is 1.61. The van der Waals surface area contributed by atoms with Crippen LogP contribution in [0.3, 0.4) is 0 Å². The van der Waals surface area contributed by atoms with Crippen LogP contribution in [-0.4, -0.2) is 54.9 Å². The predicted molar refractivity (Wildman–Crippen MR) is 96.6 cm³/mol. The SMILES string of the molecule is CC1CCN(C(=O)CS(=O)(=O)c2nnc(C3COc4ccccc4O3)o2)CC1. The molecule has 9 nitrogen and oxygen atoms in total. The summed E-state index contributed by atoms with van der Waals surface area (Å²) in [6.07, 6.45) is 1.03. The Morgan fingerprint density at radius 2 is 1.89 bits per heavy atom. The highest BCUT2D eigenvalue weighted by Crippen LogP contribution is 2.35. The van der Waals surface area contributed by atoms with Crippen LogP contribution in [0, 0.1) is 5.92 Å². The molecule has 150 valence electrons. The molecule has 2 aromatic rings. The van der Waals surface area contributed by atoms with Gasteiger partial charge in [0.25, 0.3) is 5.89 Å². The Bertz CT molecular complexity index is 965. The van der Waals surface area contributed by atoms with Gasteiger partial charge in [-0.15, -0.1) is 5.10 Å². The van der Waals surface area contributed by atoms with Crippen LogP contribution < -0.4 is 9.47 Å². The van der Waals surface area contributed by atoms with E-state index in [0.717, 1.165) is 12.8 Å². The Morgan fingerprint density at radius 3 is 2.64 bits per heavy atom. The Morgan fingerprint density at radius 1 is 1.18 bits per heavy atom. The molecule has 1 unspecified atom stereocenters. The highest BCUT2D eigenvalue weighted by Gasteiger charge is 2.33. The molecule has 0 spiro atoms. The Balaban J connectivity index is 1.44. The zero-order valence-electron chi connectivity index (χ0n) is 15.4. The molecule has 1 saturated heterocycles. The average molecular weight is 407 g/mol. The highest BCUT2D eigenvalue weighted by molar-refractivity contribution is 7.91. The van der Waals surface area contributed by atoms with Crippen LogP contribution in [0.4, 0.5) is 0 Å². The number of likely N-dealkylation sites (tertiary alicyclic amines) is 1. The number of para-hydroxylation sites is 2. The molecule has 2 aliphatic rings. The van der Waals surface area contributed by atoms with E-state index >= 15 is 0 Å². The molecule has 0 radical (unpaired) electrons. The van der Waals surface area contributed by atoms with E-state index in [1.54, 1.807) is 23.1 Å². The highest BCUT2D eigenvalue weighted by atomic mass is 32.2. The Kier molecular flexibility index (Phi) is 4.96. The number of carbonyl (C=O) groups excluding carboxylic acids is 1. The quantitative estimate of drug-likeness (QED) is 0.751. The molecule has 1 aromatic heterocycles. The van der Waals surface area contributed by atoms with Gasteiger partial charge in [-0.05, 0) is 30.9 Å². The number of sulfone groups is 1. The molecule has 4 rings (SSSR count). The largest absolute Gasteiger partial charge is 0.485 e. The number of rotatable bonds is 4. The van der Waals surface area contributed by atoms with E-state index in [-0.39, 0.29) is 12.5 Å². The van der Waals surface area contributed by atoms with Gasteiger partial charge >= 0.3 is 5.22 Å². The molecule has 3 heterocycles. The molecular weight excluding hydrogens is 386 g/mol. The normalized spacial score (nSPS) is 20.2. The van der Waals surface area contributed by atoms with Crippen molar-refractivity contribution in [3.63, 3.8) is 0 Å². The molecule has 28 heavy (non-hydrogen) atoms. The second-order valence-corrected chi connectivity index (χ2v) is 8.96. The van der Waals surface area contributed by atoms with Gasteiger partial charge in [0.2, 0.25) is 21.8 Å². The summed E-state index contributed by atoms with van der Waals surface area (Å²) in [5.41, 5.74) is 0. The topological polar surface area (TPSA) is 112 Å². The van der Waals surface area contributed by atoms with Gasteiger partial charge < -0.3 is 18.8 Å². The van der Waals surface area contributed by atoms with Crippen molar-refractivity contribution in [2.45, 2.75) is 31.1 Å². The number of carbonyl (C=O) groups is 1. The van der Waals surface area contributed by atoms with Gasteiger partial charge in [-0.1, -0.05) is 24.2 Å². The number of ether oxygens (including phenoxy) is 2. The third kappa shape index (κ3) is 3.82. The molecule has 1 atom stereocenters. The van der Waals surface area contributed by atoms with E-state index in [0.29, 0.717) is 30.5 Å². The van der Waals surface area contributed by atoms with Gasteiger partial charge in [0, 0.05) is 13.1 Å². The number of aromatic nitrogens is 2. The lowest BCUT2D eigenvalue weighted by Crippen LogP contribution is -2.41. The maximum atomic E-state index is 12.5. The monoisotopic (exact) mass is 407 g/mol. The summed E-state index contributed by atoms with van der Waals surface area (Å²) in [5, 5.41) is 6.82. The van der Waals surface area contributed by atoms with Crippen molar-refractivity contribution in [1.29, 1.82) is 0 Å². The minimum Gasteiger partial charge on any atom is -0.485 e. The standard InChI is InChI=1S/C18H21N3O6S/c1-12-6-8-21(9-7-12)16(22)11-28(23,24)18-20-19-17(27-18)15-10-25-13-4-2-3-5-14(13)26-15/h2-5,12,15H,6-11H2,1H3. The fourth-order valence-corrected chi connectivity index (χ4v) is 4.20. The first-order valence-corrected chi connectivity index (χ1v) is 10.8. The summed E-state index contributed by atoms with van der Waals surface area (Å²) in [6.45, 7) is 3.37. The minimum absolute atomic E-state index is 0.00711. The third-order valence-electron chi connectivity index (χ3n) is 4.92. The van der Waals surface area contributed by atoms with Crippen LogP contribution >= 0.6 is 0 Å². The maximum absolute atomic E-state index is 12.5. The van der Waals surface area contributed by atoms with E-state index in [9.17, 15) is 13.2 Å². The van der Waals surface area contributed by atoms with E-state index in [2.05, 4.69) is 17.1 Å². The summed E-state index contributed by atoms with van der Waals surface area (Å²) in [6, 6.07) is 7.11. The number of hydrogen-bond donors (Lipinski definition) is 0. The van der Waals surface area contributed by atoms with Crippen molar-refractivity contribution in [2.75, 3.05) is 25.4 Å². The van der Waals surface area contributed by atoms with Gasteiger partial charge in [-0.3, -0.25) is 4.79 Å². The van der Waals surface area contributed by atoms with E-state index in [1.807, 2.05) is 6.07 Å². The lowest BCUT2D eigenvalue weighted by Gasteiger charge is -2.30.